The number of hydrogen-bond donors (Lipinski definition) is 3. The highest BCUT2D eigenvalue weighted by Crippen LogP contribution is 2.34. The van der Waals surface area contributed by atoms with Crippen molar-refractivity contribution in [1.82, 2.24) is 9.62 Å². The van der Waals surface area contributed by atoms with Crippen LogP contribution in [-0.2, 0) is 16.8 Å². The van der Waals surface area contributed by atoms with Crippen LogP contribution >= 0.6 is 34.2 Å². The molecule has 1 fully saturated rings. The zero-order valence-electron chi connectivity index (χ0n) is 18.6. The lowest BCUT2D eigenvalue weighted by Crippen LogP contribution is -2.46. The summed E-state index contributed by atoms with van der Waals surface area (Å²) in [4.78, 5) is 0. The van der Waals surface area contributed by atoms with Crippen molar-refractivity contribution < 1.29 is 17.2 Å². The molecular formula is C24H24ClF2IN4O2S. The van der Waals surface area contributed by atoms with Gasteiger partial charge in [0.05, 0.1) is 16.4 Å². The van der Waals surface area contributed by atoms with Gasteiger partial charge in [-0.05, 0) is 71.3 Å². The maximum atomic E-state index is 14.7. The third-order valence-corrected chi connectivity index (χ3v) is 8.26. The summed E-state index contributed by atoms with van der Waals surface area (Å²) in [6, 6.07) is 17.2. The molecule has 6 nitrogen and oxygen atoms in total. The number of piperidine rings is 1. The largest absolute Gasteiger partial charge is 0.350 e. The molecule has 0 saturated carbocycles. The van der Waals surface area contributed by atoms with Gasteiger partial charge in [0.1, 0.15) is 5.69 Å². The molecule has 0 atom stereocenters. The van der Waals surface area contributed by atoms with Gasteiger partial charge in [-0.3, -0.25) is 4.72 Å². The summed E-state index contributed by atoms with van der Waals surface area (Å²) in [6.07, 6.45) is 1.27. The first-order chi connectivity index (χ1) is 16.7. The fourth-order valence-electron chi connectivity index (χ4n) is 3.85. The summed E-state index contributed by atoms with van der Waals surface area (Å²) >= 11 is 8.30. The number of hydrogen-bond acceptors (Lipinski definition) is 4. The third kappa shape index (κ3) is 6.62. The lowest BCUT2D eigenvalue weighted by Gasteiger charge is -2.32. The van der Waals surface area contributed by atoms with E-state index in [1.165, 1.54) is 10.4 Å². The van der Waals surface area contributed by atoms with E-state index in [4.69, 9.17) is 11.6 Å². The average molecular weight is 633 g/mol. The Morgan fingerprint density at radius 3 is 2.37 bits per heavy atom. The number of halogens is 4. The molecule has 3 aromatic carbocycles. The highest BCUT2D eigenvalue weighted by Gasteiger charge is 2.29. The van der Waals surface area contributed by atoms with Crippen molar-refractivity contribution in [1.29, 1.82) is 0 Å². The maximum Gasteiger partial charge on any atom is 0.301 e. The highest BCUT2D eigenvalue weighted by molar-refractivity contribution is 14.1. The molecule has 0 bridgehead atoms. The standard InChI is InChI=1S/C24H24ClF2IN4O2S/c25-19-14-17(28)6-8-21(19)30-24-22(9-7-20(26)23(24)27)31-35(33,34)32-12-10-18(11-13-32)29-15-16-4-2-1-3-5-16/h1-9,14,18,29-31H,10-13,15H2. The molecule has 35 heavy (non-hydrogen) atoms. The molecule has 4 rings (SSSR count). The maximum absolute atomic E-state index is 14.7. The molecule has 11 heteroatoms. The Kier molecular flexibility index (Phi) is 8.48. The van der Waals surface area contributed by atoms with Crippen LogP contribution in [0.4, 0.5) is 25.8 Å². The molecule has 3 aromatic rings. The lowest BCUT2D eigenvalue weighted by atomic mass is 10.1. The molecule has 0 radical (unpaired) electrons. The van der Waals surface area contributed by atoms with E-state index in [0.717, 1.165) is 15.2 Å². The monoisotopic (exact) mass is 632 g/mol. The van der Waals surface area contributed by atoms with E-state index in [1.54, 1.807) is 18.2 Å². The van der Waals surface area contributed by atoms with Gasteiger partial charge >= 0.3 is 10.2 Å². The fraction of sp³-hybridized carbons (Fsp3) is 0.250. The summed E-state index contributed by atoms with van der Waals surface area (Å²) < 4.78 is 59.5. The van der Waals surface area contributed by atoms with Gasteiger partial charge < -0.3 is 10.6 Å². The molecule has 186 valence electrons. The van der Waals surface area contributed by atoms with E-state index in [9.17, 15) is 17.2 Å². The van der Waals surface area contributed by atoms with Crippen LogP contribution < -0.4 is 15.4 Å². The average Bonchev–Trinajstić information content (AvgIpc) is 2.84. The Morgan fingerprint density at radius 2 is 1.69 bits per heavy atom. The first-order valence-electron chi connectivity index (χ1n) is 11.0. The van der Waals surface area contributed by atoms with Crippen molar-refractivity contribution in [3.63, 3.8) is 0 Å². The molecular weight excluding hydrogens is 609 g/mol. The van der Waals surface area contributed by atoms with Crippen molar-refractivity contribution >= 4 is 61.5 Å². The Morgan fingerprint density at radius 1 is 1.00 bits per heavy atom. The van der Waals surface area contributed by atoms with E-state index in [1.807, 2.05) is 30.3 Å². The van der Waals surface area contributed by atoms with Gasteiger partial charge in [-0.2, -0.15) is 12.7 Å². The second kappa shape index (κ2) is 11.4. The van der Waals surface area contributed by atoms with Crippen LogP contribution in [0.15, 0.2) is 60.7 Å². The fourth-order valence-corrected chi connectivity index (χ4v) is 6.02. The smallest absolute Gasteiger partial charge is 0.301 e. The van der Waals surface area contributed by atoms with Gasteiger partial charge in [0.25, 0.3) is 0 Å². The van der Waals surface area contributed by atoms with Gasteiger partial charge in [-0.25, -0.2) is 8.78 Å². The zero-order valence-corrected chi connectivity index (χ0v) is 22.3. The van der Waals surface area contributed by atoms with Crippen molar-refractivity contribution in [2.75, 3.05) is 23.1 Å². The quantitative estimate of drug-likeness (QED) is 0.272. The predicted molar refractivity (Wildman–Crippen MR) is 144 cm³/mol. The molecule has 0 aliphatic carbocycles. The van der Waals surface area contributed by atoms with Crippen LogP contribution in [-0.4, -0.2) is 31.9 Å². The van der Waals surface area contributed by atoms with Gasteiger partial charge in [-0.15, -0.1) is 0 Å². The number of nitrogens with zero attached hydrogens (tertiary/aromatic N) is 1. The molecule has 1 aliphatic heterocycles. The Bertz CT molecular complexity index is 1290. The van der Waals surface area contributed by atoms with Gasteiger partial charge in [0.15, 0.2) is 11.6 Å². The van der Waals surface area contributed by atoms with Crippen molar-refractivity contribution in [2.45, 2.75) is 25.4 Å². The minimum atomic E-state index is -4.00. The van der Waals surface area contributed by atoms with Gasteiger partial charge in [-0.1, -0.05) is 41.9 Å². The summed E-state index contributed by atoms with van der Waals surface area (Å²) in [6.45, 7) is 1.32. The zero-order chi connectivity index (χ0) is 25.0. The second-order valence-electron chi connectivity index (χ2n) is 8.18. The summed E-state index contributed by atoms with van der Waals surface area (Å²) in [7, 11) is -4.00. The molecule has 0 aromatic heterocycles. The van der Waals surface area contributed by atoms with Gasteiger partial charge in [0, 0.05) is 29.2 Å². The first-order valence-corrected chi connectivity index (χ1v) is 13.9. The molecule has 0 spiro atoms. The van der Waals surface area contributed by atoms with Crippen molar-refractivity contribution in [3.05, 3.63) is 86.5 Å². The molecule has 1 heterocycles. The van der Waals surface area contributed by atoms with Crippen LogP contribution in [0.5, 0.6) is 0 Å². The number of nitrogens with one attached hydrogen (secondary N) is 3. The summed E-state index contributed by atoms with van der Waals surface area (Å²) in [5.74, 6) is -2.31. The molecule has 0 unspecified atom stereocenters. The molecule has 0 amide bonds. The van der Waals surface area contributed by atoms with E-state index in [2.05, 4.69) is 37.9 Å². The number of benzene rings is 3. The van der Waals surface area contributed by atoms with Crippen LogP contribution in [0.2, 0.25) is 5.02 Å². The first kappa shape index (κ1) is 26.1. The van der Waals surface area contributed by atoms with Crippen molar-refractivity contribution in [2.24, 2.45) is 0 Å². The van der Waals surface area contributed by atoms with E-state index in [0.29, 0.717) is 43.2 Å². The van der Waals surface area contributed by atoms with Crippen LogP contribution in [0.25, 0.3) is 0 Å². The van der Waals surface area contributed by atoms with Crippen LogP contribution in [0.1, 0.15) is 18.4 Å². The summed E-state index contributed by atoms with van der Waals surface area (Å²) in [5, 5.41) is 6.49. The number of rotatable bonds is 8. The molecule has 1 saturated heterocycles. The summed E-state index contributed by atoms with van der Waals surface area (Å²) in [5.41, 5.74) is 1.04. The highest BCUT2D eigenvalue weighted by atomic mass is 127. The Balaban J connectivity index is 1.44. The van der Waals surface area contributed by atoms with Gasteiger partial charge in [0.2, 0.25) is 0 Å². The van der Waals surface area contributed by atoms with Crippen LogP contribution in [0.3, 0.4) is 0 Å². The van der Waals surface area contributed by atoms with Crippen LogP contribution in [0, 0.1) is 15.2 Å². The minimum Gasteiger partial charge on any atom is -0.350 e. The van der Waals surface area contributed by atoms with Crippen molar-refractivity contribution in [3.8, 4) is 0 Å². The molecule has 1 aliphatic rings. The second-order valence-corrected chi connectivity index (χ2v) is 11.5. The normalized spacial score (nSPS) is 15.2. The predicted octanol–water partition coefficient (Wildman–Crippen LogP) is 5.88. The lowest BCUT2D eigenvalue weighted by molar-refractivity contribution is 0.290. The molecule has 3 N–H and O–H groups in total. The number of anilines is 3. The Hall–Kier alpha value is -1.99. The minimum absolute atomic E-state index is 0.108. The third-order valence-electron chi connectivity index (χ3n) is 5.76. The Labute approximate surface area is 222 Å². The van der Waals surface area contributed by atoms with E-state index < -0.39 is 21.8 Å². The topological polar surface area (TPSA) is 73.5 Å². The van der Waals surface area contributed by atoms with E-state index >= 15 is 0 Å². The van der Waals surface area contributed by atoms with E-state index in [-0.39, 0.29) is 17.4 Å². The SMILES string of the molecule is O=S(=O)(Nc1ccc(F)c(F)c1Nc1ccc(I)cc1Cl)N1CCC(NCc2ccccc2)CC1.